The summed E-state index contributed by atoms with van der Waals surface area (Å²) >= 11 is 0. The van der Waals surface area contributed by atoms with E-state index in [2.05, 4.69) is 20.5 Å². The van der Waals surface area contributed by atoms with E-state index < -0.39 is 0 Å². The molecule has 2 aromatic heterocycles. The Bertz CT molecular complexity index is 471. The van der Waals surface area contributed by atoms with Crippen LogP contribution < -0.4 is 10.9 Å². The number of fused-ring (bicyclic) bond motifs is 1. The third kappa shape index (κ3) is 1.20. The highest BCUT2D eigenvalue weighted by molar-refractivity contribution is 5.33. The summed E-state index contributed by atoms with van der Waals surface area (Å²) in [6, 6.07) is 0. The van der Waals surface area contributed by atoms with Crippen molar-refractivity contribution in [2.24, 2.45) is 0 Å². The van der Waals surface area contributed by atoms with Gasteiger partial charge in [-0.1, -0.05) is 0 Å². The number of aromatic amines is 1. The van der Waals surface area contributed by atoms with Crippen molar-refractivity contribution in [1.29, 1.82) is 0 Å². The summed E-state index contributed by atoms with van der Waals surface area (Å²) in [6.07, 6.45) is 3.29. The van der Waals surface area contributed by atoms with Gasteiger partial charge in [-0.3, -0.25) is 9.20 Å². The molecule has 0 radical (unpaired) electrons. The van der Waals surface area contributed by atoms with Crippen molar-refractivity contribution in [2.75, 3.05) is 7.05 Å². The fourth-order valence-corrected chi connectivity index (χ4v) is 1.17. The number of rotatable bonds is 2. The zero-order valence-corrected chi connectivity index (χ0v) is 7.11. The average molecular weight is 179 g/mol. The van der Waals surface area contributed by atoms with Gasteiger partial charge in [-0.25, -0.2) is 0 Å². The first-order chi connectivity index (χ1) is 6.33. The van der Waals surface area contributed by atoms with Gasteiger partial charge < -0.3 is 10.3 Å². The van der Waals surface area contributed by atoms with E-state index in [4.69, 9.17) is 0 Å². The molecule has 68 valence electrons. The molecule has 0 unspecified atom stereocenters. The van der Waals surface area contributed by atoms with Crippen LogP contribution in [-0.2, 0) is 6.54 Å². The molecule has 0 atom stereocenters. The summed E-state index contributed by atoms with van der Waals surface area (Å²) in [7, 11) is 1.81. The molecule has 0 bridgehead atoms. The van der Waals surface area contributed by atoms with Crippen LogP contribution in [0.25, 0.3) is 5.65 Å². The third-order valence-electron chi connectivity index (χ3n) is 1.74. The van der Waals surface area contributed by atoms with E-state index in [0.29, 0.717) is 12.2 Å². The van der Waals surface area contributed by atoms with E-state index in [1.807, 2.05) is 7.05 Å². The van der Waals surface area contributed by atoms with Crippen LogP contribution in [0, 0.1) is 0 Å². The largest absolute Gasteiger partial charge is 0.324 e. The van der Waals surface area contributed by atoms with Gasteiger partial charge in [0.1, 0.15) is 0 Å². The minimum Gasteiger partial charge on any atom is -0.324 e. The molecule has 6 heteroatoms. The van der Waals surface area contributed by atoms with Gasteiger partial charge >= 0.3 is 0 Å². The van der Waals surface area contributed by atoms with Crippen molar-refractivity contribution in [1.82, 2.24) is 24.9 Å². The molecule has 13 heavy (non-hydrogen) atoms. The molecule has 2 aromatic rings. The first-order valence-electron chi connectivity index (χ1n) is 3.89. The van der Waals surface area contributed by atoms with E-state index in [1.54, 1.807) is 16.8 Å². The molecule has 0 aliphatic rings. The van der Waals surface area contributed by atoms with Crippen molar-refractivity contribution in [3.63, 3.8) is 0 Å². The molecule has 0 amide bonds. The third-order valence-corrected chi connectivity index (χ3v) is 1.74. The normalized spacial score (nSPS) is 10.8. The van der Waals surface area contributed by atoms with Crippen LogP contribution in [0.15, 0.2) is 17.2 Å². The molecule has 0 aliphatic heterocycles. The molecule has 2 rings (SSSR count). The van der Waals surface area contributed by atoms with Gasteiger partial charge in [0.15, 0.2) is 5.82 Å². The summed E-state index contributed by atoms with van der Waals surface area (Å²) in [5.41, 5.74) is 0.102. The number of H-pyrrole nitrogens is 1. The SMILES string of the molecule is CNCc1nnc2c(=O)[nH]ccn12. The van der Waals surface area contributed by atoms with Crippen LogP contribution in [0.2, 0.25) is 0 Å². The first kappa shape index (κ1) is 7.93. The Hall–Kier alpha value is -1.69. The lowest BCUT2D eigenvalue weighted by molar-refractivity contribution is 0.746. The molecule has 2 heterocycles. The Morgan fingerprint density at radius 1 is 1.62 bits per heavy atom. The van der Waals surface area contributed by atoms with Crippen molar-refractivity contribution in [3.8, 4) is 0 Å². The molecule has 0 fully saturated rings. The quantitative estimate of drug-likeness (QED) is 0.629. The number of nitrogens with zero attached hydrogens (tertiary/aromatic N) is 3. The molecule has 6 nitrogen and oxygen atoms in total. The maximum Gasteiger partial charge on any atom is 0.293 e. The maximum atomic E-state index is 11.2. The minimum atomic E-state index is -0.225. The molecular weight excluding hydrogens is 170 g/mol. The van der Waals surface area contributed by atoms with Gasteiger partial charge in [0.2, 0.25) is 5.65 Å². The summed E-state index contributed by atoms with van der Waals surface area (Å²) in [6.45, 7) is 0.588. The van der Waals surface area contributed by atoms with Gasteiger partial charge in [0, 0.05) is 12.4 Å². The van der Waals surface area contributed by atoms with Gasteiger partial charge in [-0.05, 0) is 7.05 Å². The number of hydrogen-bond donors (Lipinski definition) is 2. The highest BCUT2D eigenvalue weighted by Crippen LogP contribution is 1.95. The van der Waals surface area contributed by atoms with Crippen molar-refractivity contribution < 1.29 is 0 Å². The van der Waals surface area contributed by atoms with Crippen LogP contribution in [0.1, 0.15) is 5.82 Å². The van der Waals surface area contributed by atoms with E-state index in [0.717, 1.165) is 5.82 Å². The molecule has 0 saturated carbocycles. The molecular formula is C7H9N5O. The molecule has 0 aromatic carbocycles. The first-order valence-corrected chi connectivity index (χ1v) is 3.89. The lowest BCUT2D eigenvalue weighted by Gasteiger charge is -1.95. The van der Waals surface area contributed by atoms with Crippen LogP contribution in [0.3, 0.4) is 0 Å². The lowest BCUT2D eigenvalue weighted by Crippen LogP contribution is -2.12. The number of hydrogen-bond acceptors (Lipinski definition) is 4. The summed E-state index contributed by atoms with van der Waals surface area (Å²) in [4.78, 5) is 13.7. The Balaban J connectivity index is 2.68. The van der Waals surface area contributed by atoms with Crippen molar-refractivity contribution in [2.45, 2.75) is 6.54 Å². The Labute approximate surface area is 73.6 Å². The van der Waals surface area contributed by atoms with Gasteiger partial charge in [-0.2, -0.15) is 0 Å². The second-order valence-corrected chi connectivity index (χ2v) is 2.63. The smallest absolute Gasteiger partial charge is 0.293 e. The molecule has 2 N–H and O–H groups in total. The Morgan fingerprint density at radius 2 is 2.46 bits per heavy atom. The highest BCUT2D eigenvalue weighted by atomic mass is 16.1. The van der Waals surface area contributed by atoms with Crippen molar-refractivity contribution in [3.05, 3.63) is 28.6 Å². The fraction of sp³-hybridized carbons (Fsp3) is 0.286. The van der Waals surface area contributed by atoms with Crippen LogP contribution in [0.5, 0.6) is 0 Å². The van der Waals surface area contributed by atoms with E-state index in [9.17, 15) is 4.79 Å². The standard InChI is InChI=1S/C7H9N5O/c1-8-4-5-10-11-6-7(13)9-2-3-12(5)6/h2-3,8H,4H2,1H3,(H,9,13). The second kappa shape index (κ2) is 2.98. The Morgan fingerprint density at radius 3 is 3.23 bits per heavy atom. The van der Waals surface area contributed by atoms with Gasteiger partial charge in [0.25, 0.3) is 5.56 Å². The fourth-order valence-electron chi connectivity index (χ4n) is 1.17. The van der Waals surface area contributed by atoms with E-state index >= 15 is 0 Å². The topological polar surface area (TPSA) is 75.1 Å². The lowest BCUT2D eigenvalue weighted by atomic mass is 10.5. The summed E-state index contributed by atoms with van der Waals surface area (Å²) < 4.78 is 1.66. The van der Waals surface area contributed by atoms with E-state index in [1.165, 1.54) is 0 Å². The monoisotopic (exact) mass is 179 g/mol. The molecule has 0 spiro atoms. The number of nitrogens with one attached hydrogen (secondary N) is 2. The zero-order valence-electron chi connectivity index (χ0n) is 7.11. The van der Waals surface area contributed by atoms with Crippen molar-refractivity contribution >= 4 is 5.65 Å². The predicted molar refractivity (Wildman–Crippen MR) is 46.4 cm³/mol. The Kier molecular flexibility index (Phi) is 1.82. The average Bonchev–Trinajstić information content (AvgIpc) is 2.51. The molecule has 0 saturated heterocycles. The van der Waals surface area contributed by atoms with Crippen LogP contribution >= 0.6 is 0 Å². The van der Waals surface area contributed by atoms with E-state index in [-0.39, 0.29) is 5.56 Å². The molecule has 0 aliphatic carbocycles. The zero-order chi connectivity index (χ0) is 9.26. The summed E-state index contributed by atoms with van der Waals surface area (Å²) in [5.74, 6) is 0.726. The summed E-state index contributed by atoms with van der Waals surface area (Å²) in [5, 5.41) is 10.6. The minimum absolute atomic E-state index is 0.225. The maximum absolute atomic E-state index is 11.2. The van der Waals surface area contributed by atoms with Gasteiger partial charge in [0.05, 0.1) is 6.54 Å². The number of aromatic nitrogens is 4. The second-order valence-electron chi connectivity index (χ2n) is 2.63. The van der Waals surface area contributed by atoms with Gasteiger partial charge in [-0.15, -0.1) is 10.2 Å². The van der Waals surface area contributed by atoms with Crippen LogP contribution in [0.4, 0.5) is 0 Å². The highest BCUT2D eigenvalue weighted by Gasteiger charge is 2.05. The van der Waals surface area contributed by atoms with Crippen LogP contribution in [-0.4, -0.2) is 26.6 Å². The predicted octanol–water partition coefficient (Wildman–Crippen LogP) is -0.863.